The van der Waals surface area contributed by atoms with Crippen LogP contribution in [0.15, 0.2) is 138 Å². The van der Waals surface area contributed by atoms with Crippen LogP contribution in [-0.2, 0) is 20.3 Å². The monoisotopic (exact) mass is 821 g/mol. The van der Waals surface area contributed by atoms with Crippen LogP contribution in [0, 0.1) is 17.2 Å². The van der Waals surface area contributed by atoms with E-state index in [1.54, 1.807) is 36.4 Å². The lowest BCUT2D eigenvalue weighted by molar-refractivity contribution is -2.00. The molecule has 4 aromatic rings. The molecular formula is C45H44ClN3O8S. The van der Waals surface area contributed by atoms with Crippen LogP contribution in [0.3, 0.4) is 0 Å². The fourth-order valence-electron chi connectivity index (χ4n) is 7.16. The first-order chi connectivity index (χ1) is 27.5. The van der Waals surface area contributed by atoms with Crippen molar-refractivity contribution in [1.29, 1.82) is 0 Å². The summed E-state index contributed by atoms with van der Waals surface area (Å²) in [5.41, 5.74) is 9.14. The summed E-state index contributed by atoms with van der Waals surface area (Å²) in [6, 6.07) is 31.0. The highest BCUT2D eigenvalue weighted by molar-refractivity contribution is 7.78. The van der Waals surface area contributed by atoms with Crippen molar-refractivity contribution in [2.24, 2.45) is 4.99 Å². The average molecular weight is 822 g/mol. The Morgan fingerprint density at radius 2 is 1.34 bits per heavy atom. The van der Waals surface area contributed by atoms with Gasteiger partial charge in [0.25, 0.3) is 0 Å². The zero-order valence-corrected chi connectivity index (χ0v) is 34.4. The van der Waals surface area contributed by atoms with Gasteiger partial charge in [0.1, 0.15) is 6.61 Å². The summed E-state index contributed by atoms with van der Waals surface area (Å²) in [6.07, 6.45) is 10.5. The molecule has 6 rings (SSSR count). The number of isothiocyanates is 1. The molecule has 2 aliphatic rings. The van der Waals surface area contributed by atoms with E-state index in [-0.39, 0.29) is 30.0 Å². The Balaban J connectivity index is 0.00000121. The maximum Gasteiger partial charge on any atom is 0.338 e. The standard InChI is InChI=1S/C45H44N3O4S.ClHO4/c1-32-19-21-33(22-20-32)42(49)51-29-27-47-38-15-11-9-13-36(38)44(2,3)40(47)17-7-6-8-18-41-45(4,5)37-14-10-12-16-39(37)48(41)28-30-52-43(50)34-23-25-35(26-24-34)46-31-53;2-1(3,4)5/h6-26H,27-30H2,1-5H3;(H,2,3,4,5)/q+1;/p-1. The topological polar surface area (TPSA) is 163 Å². The van der Waals surface area contributed by atoms with Crippen LogP contribution in [0.1, 0.15) is 65.1 Å². The molecule has 4 aromatic carbocycles. The van der Waals surface area contributed by atoms with E-state index in [1.807, 2.05) is 37.3 Å². The number of carbonyl (C=O) groups is 2. The van der Waals surface area contributed by atoms with Gasteiger partial charge in [0.2, 0.25) is 5.69 Å². The third-order valence-corrected chi connectivity index (χ3v) is 10.1. The number of ether oxygens (including phenoxy) is 2. The summed E-state index contributed by atoms with van der Waals surface area (Å²) in [7, 11) is -4.94. The van der Waals surface area contributed by atoms with Gasteiger partial charge in [-0.25, -0.2) is 28.2 Å². The minimum absolute atomic E-state index is 0.216. The number of esters is 2. The van der Waals surface area contributed by atoms with Crippen molar-refractivity contribution in [1.82, 2.24) is 0 Å². The Morgan fingerprint density at radius 1 is 0.776 bits per heavy atom. The van der Waals surface area contributed by atoms with Crippen molar-refractivity contribution < 1.29 is 52.5 Å². The molecule has 0 saturated carbocycles. The lowest BCUT2D eigenvalue weighted by Crippen LogP contribution is -2.68. The Bertz CT molecular complexity index is 2300. The van der Waals surface area contributed by atoms with Crippen LogP contribution in [0.2, 0.25) is 0 Å². The van der Waals surface area contributed by atoms with Crippen LogP contribution in [0.5, 0.6) is 0 Å². The Hall–Kier alpha value is -5.56. The van der Waals surface area contributed by atoms with Gasteiger partial charge < -0.3 is 14.4 Å². The van der Waals surface area contributed by atoms with E-state index >= 15 is 0 Å². The molecule has 2 heterocycles. The summed E-state index contributed by atoms with van der Waals surface area (Å²) in [6.45, 7) is 12.4. The second kappa shape index (κ2) is 18.8. The quantitative estimate of drug-likeness (QED) is 0.0635. The minimum atomic E-state index is -4.94. The van der Waals surface area contributed by atoms with Crippen molar-refractivity contribution in [3.05, 3.63) is 161 Å². The molecule has 0 radical (unpaired) electrons. The number of allylic oxidation sites excluding steroid dienone is 6. The molecule has 2 aliphatic heterocycles. The second-order valence-corrected chi connectivity index (χ2v) is 15.5. The van der Waals surface area contributed by atoms with Crippen molar-refractivity contribution in [2.75, 3.05) is 31.2 Å². The first kappa shape index (κ1) is 43.6. The van der Waals surface area contributed by atoms with Gasteiger partial charge in [-0.05, 0) is 87.1 Å². The first-order valence-electron chi connectivity index (χ1n) is 18.4. The number of aliphatic imine (C=N–C) groups is 1. The Kier molecular flexibility index (Phi) is 14.1. The normalized spacial score (nSPS) is 15.8. The molecule has 0 aliphatic carbocycles. The fourth-order valence-corrected chi connectivity index (χ4v) is 7.27. The summed E-state index contributed by atoms with van der Waals surface area (Å²) >= 11 is 4.66. The Labute approximate surface area is 345 Å². The lowest BCUT2D eigenvalue weighted by Gasteiger charge is -2.26. The lowest BCUT2D eigenvalue weighted by atomic mass is 9.81. The van der Waals surface area contributed by atoms with Gasteiger partial charge in [0.05, 0.1) is 33.9 Å². The van der Waals surface area contributed by atoms with Crippen molar-refractivity contribution in [3.8, 4) is 0 Å². The predicted octanol–water partition coefficient (Wildman–Crippen LogP) is 4.86. The van der Waals surface area contributed by atoms with Crippen LogP contribution in [0.4, 0.5) is 17.1 Å². The van der Waals surface area contributed by atoms with Gasteiger partial charge in [-0.3, -0.25) is 0 Å². The molecule has 13 heteroatoms. The largest absolute Gasteiger partial charge is 0.460 e. The molecule has 0 unspecified atom stereocenters. The first-order valence-corrected chi connectivity index (χ1v) is 20.0. The number of halogens is 1. The molecule has 0 fully saturated rings. The number of carbonyl (C=O) groups excluding carboxylic acids is 2. The minimum Gasteiger partial charge on any atom is -0.460 e. The zero-order chi connectivity index (χ0) is 42.1. The fraction of sp³-hybridized carbons (Fsp3) is 0.244. The highest BCUT2D eigenvalue weighted by Gasteiger charge is 2.44. The van der Waals surface area contributed by atoms with Gasteiger partial charge in [0, 0.05) is 34.5 Å². The van der Waals surface area contributed by atoms with Crippen LogP contribution < -0.4 is 23.5 Å². The molecule has 0 amide bonds. The van der Waals surface area contributed by atoms with Gasteiger partial charge >= 0.3 is 11.9 Å². The van der Waals surface area contributed by atoms with Crippen molar-refractivity contribution in [3.63, 3.8) is 0 Å². The predicted molar refractivity (Wildman–Crippen MR) is 215 cm³/mol. The van der Waals surface area contributed by atoms with Crippen LogP contribution >= 0.6 is 12.2 Å². The average Bonchev–Trinajstić information content (AvgIpc) is 3.53. The number of para-hydroxylation sites is 2. The molecule has 11 nitrogen and oxygen atoms in total. The molecule has 0 saturated heterocycles. The van der Waals surface area contributed by atoms with E-state index in [0.29, 0.717) is 29.9 Å². The molecule has 0 atom stereocenters. The number of fused-ring (bicyclic) bond motifs is 2. The van der Waals surface area contributed by atoms with E-state index in [4.69, 9.17) is 28.1 Å². The number of hydrogen-bond acceptors (Lipinski definition) is 11. The molecule has 0 spiro atoms. The SMILES string of the molecule is Cc1ccc(C(=O)OCCN2/C(=C/C=C/C=C/C3=[N+](CCOC(=O)c4ccc(N=C=S)cc4)c4ccccc4C3(C)C)C(C)(C)c3ccccc32)cc1.[O-][Cl+3]([O-])([O-])[O-]. The van der Waals surface area contributed by atoms with Crippen LogP contribution in [0.25, 0.3) is 0 Å². The van der Waals surface area contributed by atoms with E-state index in [9.17, 15) is 9.59 Å². The molecule has 0 aromatic heterocycles. The summed E-state index contributed by atoms with van der Waals surface area (Å²) in [5.74, 6) is -0.712. The number of hydrogen-bond donors (Lipinski definition) is 0. The van der Waals surface area contributed by atoms with E-state index in [2.05, 4.69) is 120 Å². The summed E-state index contributed by atoms with van der Waals surface area (Å²) < 4.78 is 47.6. The molecule has 300 valence electrons. The molecule has 0 bridgehead atoms. The third kappa shape index (κ3) is 10.7. The molecular weight excluding hydrogens is 778 g/mol. The number of rotatable bonds is 12. The van der Waals surface area contributed by atoms with Gasteiger partial charge in [0.15, 0.2) is 18.9 Å². The summed E-state index contributed by atoms with van der Waals surface area (Å²) in [5, 5.41) is 2.33. The third-order valence-electron chi connectivity index (χ3n) is 9.99. The van der Waals surface area contributed by atoms with Crippen LogP contribution in [-0.4, -0.2) is 53.7 Å². The smallest absolute Gasteiger partial charge is 0.338 e. The van der Waals surface area contributed by atoms with Crippen molar-refractivity contribution >= 4 is 52.1 Å². The van der Waals surface area contributed by atoms with E-state index in [1.165, 1.54) is 11.1 Å². The summed E-state index contributed by atoms with van der Waals surface area (Å²) in [4.78, 5) is 31.8. The number of anilines is 1. The Morgan fingerprint density at radius 3 is 1.98 bits per heavy atom. The number of aryl methyl sites for hydroxylation is 1. The van der Waals surface area contributed by atoms with Gasteiger partial charge in [-0.15, -0.1) is 10.2 Å². The highest BCUT2D eigenvalue weighted by atomic mass is 35.7. The molecule has 58 heavy (non-hydrogen) atoms. The van der Waals surface area contributed by atoms with Gasteiger partial charge in [-0.1, -0.05) is 86.2 Å². The number of thiocarbonyl (C=S) groups is 1. The maximum atomic E-state index is 12.8. The van der Waals surface area contributed by atoms with E-state index < -0.39 is 16.2 Å². The second-order valence-electron chi connectivity index (χ2n) is 14.5. The number of nitrogens with zero attached hydrogens (tertiary/aromatic N) is 3. The zero-order valence-electron chi connectivity index (χ0n) is 32.8. The highest BCUT2D eigenvalue weighted by Crippen LogP contribution is 2.47. The van der Waals surface area contributed by atoms with E-state index in [0.717, 1.165) is 28.3 Å². The maximum absolute atomic E-state index is 12.8. The molecule has 0 N–H and O–H groups in total. The number of benzene rings is 4. The van der Waals surface area contributed by atoms with Crippen molar-refractivity contribution in [2.45, 2.75) is 45.4 Å². The van der Waals surface area contributed by atoms with Gasteiger partial charge in [-0.2, -0.15) is 9.57 Å².